The molecule has 1 aliphatic heterocycles. The molecule has 0 atom stereocenters. The Morgan fingerprint density at radius 3 is 2.46 bits per heavy atom. The molecule has 1 fully saturated rings. The van der Waals surface area contributed by atoms with Crippen molar-refractivity contribution < 1.29 is 22.7 Å². The van der Waals surface area contributed by atoms with Crippen LogP contribution in [-0.2, 0) is 12.7 Å². The lowest BCUT2D eigenvalue weighted by molar-refractivity contribution is -0.140. The number of nitrogens with one attached hydrogen (secondary N) is 1. The molecule has 5 rings (SSSR count). The average Bonchev–Trinajstić information content (AvgIpc) is 3.17. The number of hydrogen-bond acceptors (Lipinski definition) is 5. The summed E-state index contributed by atoms with van der Waals surface area (Å²) < 4.78 is 46.5. The summed E-state index contributed by atoms with van der Waals surface area (Å²) in [5.41, 5.74) is 1.02. The van der Waals surface area contributed by atoms with E-state index < -0.39 is 17.8 Å². The quantitative estimate of drug-likeness (QED) is 0.421. The number of ether oxygens (including phenoxy) is 1. The third kappa shape index (κ3) is 4.64. The van der Waals surface area contributed by atoms with Gasteiger partial charge in [-0.15, -0.1) is 0 Å². The highest BCUT2D eigenvalue weighted by Crippen LogP contribution is 2.30. The van der Waals surface area contributed by atoms with Gasteiger partial charge in [-0.2, -0.15) is 13.2 Å². The van der Waals surface area contributed by atoms with E-state index in [1.54, 1.807) is 36.1 Å². The number of rotatable bonds is 6. The van der Waals surface area contributed by atoms with Crippen LogP contribution in [-0.4, -0.2) is 40.6 Å². The molecule has 3 aromatic heterocycles. The Balaban J connectivity index is 1.48. The van der Waals surface area contributed by atoms with Crippen molar-refractivity contribution in [1.82, 2.24) is 14.5 Å². The number of carbonyl (C=O) groups is 1. The predicted octanol–water partition coefficient (Wildman–Crippen LogP) is 4.97. The smallest absolute Gasteiger partial charge is 0.433 e. The van der Waals surface area contributed by atoms with Crippen LogP contribution in [0.25, 0.3) is 11.0 Å². The number of aromatic nitrogens is 3. The van der Waals surface area contributed by atoms with E-state index >= 15 is 0 Å². The van der Waals surface area contributed by atoms with Gasteiger partial charge in [-0.25, -0.2) is 9.97 Å². The molecule has 0 aliphatic carbocycles. The maximum atomic E-state index is 13.2. The van der Waals surface area contributed by atoms with Crippen LogP contribution in [0, 0.1) is 0 Å². The van der Waals surface area contributed by atoms with E-state index in [9.17, 15) is 18.0 Å². The number of amides is 1. The molecule has 35 heavy (non-hydrogen) atoms. The van der Waals surface area contributed by atoms with Crippen molar-refractivity contribution in [3.63, 3.8) is 0 Å². The van der Waals surface area contributed by atoms with Crippen LogP contribution >= 0.6 is 0 Å². The minimum atomic E-state index is -4.58. The fourth-order valence-corrected chi connectivity index (χ4v) is 3.96. The lowest BCUT2D eigenvalue weighted by Gasteiger charge is -2.31. The molecule has 1 amide bonds. The molecule has 0 bridgehead atoms. The van der Waals surface area contributed by atoms with Crippen molar-refractivity contribution in [3.05, 3.63) is 77.7 Å². The second kappa shape index (κ2) is 8.94. The zero-order chi connectivity index (χ0) is 24.6. The third-order valence-electron chi connectivity index (χ3n) is 5.97. The van der Waals surface area contributed by atoms with Crippen molar-refractivity contribution in [3.8, 4) is 5.75 Å². The first kappa shape index (κ1) is 22.7. The van der Waals surface area contributed by atoms with Crippen LogP contribution in [0.4, 0.5) is 24.7 Å². The maximum Gasteiger partial charge on any atom is 0.433 e. The fraction of sp³-hybridized carbons (Fsp3) is 0.240. The van der Waals surface area contributed by atoms with Gasteiger partial charge in [0.05, 0.1) is 30.0 Å². The van der Waals surface area contributed by atoms with Crippen molar-refractivity contribution in [2.45, 2.75) is 19.1 Å². The summed E-state index contributed by atoms with van der Waals surface area (Å²) in [6.45, 7) is 2.17. The van der Waals surface area contributed by atoms with Gasteiger partial charge in [0.15, 0.2) is 0 Å². The van der Waals surface area contributed by atoms with Crippen LogP contribution in [0.15, 0.2) is 60.8 Å². The van der Waals surface area contributed by atoms with E-state index in [0.29, 0.717) is 17.0 Å². The second-order valence-electron chi connectivity index (χ2n) is 8.26. The minimum Gasteiger partial charge on any atom is -0.497 e. The number of nitrogens with zero attached hydrogens (tertiary/aromatic N) is 4. The first-order valence-corrected chi connectivity index (χ1v) is 11.0. The lowest BCUT2D eigenvalue weighted by atomic mass is 10.2. The first-order valence-electron chi connectivity index (χ1n) is 11.0. The Labute approximate surface area is 199 Å². The molecule has 10 heteroatoms. The van der Waals surface area contributed by atoms with Crippen LogP contribution < -0.4 is 15.0 Å². The largest absolute Gasteiger partial charge is 0.497 e. The van der Waals surface area contributed by atoms with Crippen molar-refractivity contribution >= 4 is 28.4 Å². The van der Waals surface area contributed by atoms with E-state index in [2.05, 4.69) is 20.2 Å². The standard InChI is InChI=1S/C25H22F3N5O2/c1-35-18-6-3-16(4-7-18)15-33-20-8-9-22(25(26,27)28)31-19(20)13-21(33)24(34)30-17-5-10-23(29-14-17)32-11-2-12-32/h3-10,13-14H,2,11-12,15H2,1H3,(H,30,34). The van der Waals surface area contributed by atoms with Crippen LogP contribution in [0.1, 0.15) is 28.2 Å². The van der Waals surface area contributed by atoms with E-state index in [1.807, 2.05) is 18.2 Å². The van der Waals surface area contributed by atoms with Gasteiger partial charge < -0.3 is 19.5 Å². The highest BCUT2D eigenvalue weighted by molar-refractivity contribution is 6.06. The number of anilines is 2. The molecule has 1 aromatic carbocycles. The second-order valence-corrected chi connectivity index (χ2v) is 8.26. The summed E-state index contributed by atoms with van der Waals surface area (Å²) in [4.78, 5) is 23.5. The van der Waals surface area contributed by atoms with Gasteiger partial charge in [0.25, 0.3) is 5.91 Å². The van der Waals surface area contributed by atoms with Gasteiger partial charge >= 0.3 is 6.18 Å². The number of alkyl halides is 3. The highest BCUT2D eigenvalue weighted by Gasteiger charge is 2.33. The summed E-state index contributed by atoms with van der Waals surface area (Å²) in [6.07, 6.45) is -1.89. The number of pyridine rings is 2. The van der Waals surface area contributed by atoms with E-state index in [1.165, 1.54) is 12.1 Å². The molecule has 7 nitrogen and oxygen atoms in total. The summed E-state index contributed by atoms with van der Waals surface area (Å²) in [7, 11) is 1.56. The molecular formula is C25H22F3N5O2. The zero-order valence-electron chi connectivity index (χ0n) is 18.8. The molecule has 1 aliphatic rings. The van der Waals surface area contributed by atoms with Gasteiger partial charge in [-0.05, 0) is 54.4 Å². The van der Waals surface area contributed by atoms with Gasteiger partial charge in [0, 0.05) is 19.6 Å². The number of halogens is 3. The number of methoxy groups -OCH3 is 1. The Kier molecular flexibility index (Phi) is 5.80. The Hall–Kier alpha value is -4.08. The average molecular weight is 481 g/mol. The van der Waals surface area contributed by atoms with Crippen molar-refractivity contribution in [1.29, 1.82) is 0 Å². The molecule has 1 saturated heterocycles. The Morgan fingerprint density at radius 2 is 1.86 bits per heavy atom. The zero-order valence-corrected chi connectivity index (χ0v) is 18.8. The van der Waals surface area contributed by atoms with Crippen molar-refractivity contribution in [2.24, 2.45) is 0 Å². The number of benzene rings is 1. The monoisotopic (exact) mass is 481 g/mol. The Bertz CT molecular complexity index is 1360. The summed E-state index contributed by atoms with van der Waals surface area (Å²) in [5.74, 6) is 1.05. The Morgan fingerprint density at radius 1 is 1.09 bits per heavy atom. The molecule has 0 unspecified atom stereocenters. The predicted molar refractivity (Wildman–Crippen MR) is 126 cm³/mol. The van der Waals surface area contributed by atoms with Gasteiger partial charge in [-0.3, -0.25) is 4.79 Å². The van der Waals surface area contributed by atoms with Crippen LogP contribution in [0.5, 0.6) is 5.75 Å². The maximum absolute atomic E-state index is 13.2. The summed E-state index contributed by atoms with van der Waals surface area (Å²) >= 11 is 0. The molecule has 1 N–H and O–H groups in total. The molecule has 4 aromatic rings. The van der Waals surface area contributed by atoms with E-state index in [4.69, 9.17) is 4.74 Å². The third-order valence-corrected chi connectivity index (χ3v) is 5.97. The molecule has 0 radical (unpaired) electrons. The van der Waals surface area contributed by atoms with Gasteiger partial charge in [-0.1, -0.05) is 12.1 Å². The van der Waals surface area contributed by atoms with Crippen molar-refractivity contribution in [2.75, 3.05) is 30.4 Å². The summed E-state index contributed by atoms with van der Waals surface area (Å²) in [6, 6.07) is 14.5. The number of carbonyl (C=O) groups excluding carboxylic acids is 1. The fourth-order valence-electron chi connectivity index (χ4n) is 3.96. The molecule has 0 spiro atoms. The van der Waals surface area contributed by atoms with Gasteiger partial charge in [0.1, 0.15) is 23.0 Å². The number of hydrogen-bond donors (Lipinski definition) is 1. The molecular weight excluding hydrogens is 459 g/mol. The van der Waals surface area contributed by atoms with Crippen LogP contribution in [0.2, 0.25) is 0 Å². The number of fused-ring (bicyclic) bond motifs is 1. The van der Waals surface area contributed by atoms with E-state index in [0.717, 1.165) is 37.0 Å². The summed E-state index contributed by atoms with van der Waals surface area (Å²) in [5, 5.41) is 2.80. The molecule has 0 saturated carbocycles. The first-order chi connectivity index (χ1) is 16.8. The van der Waals surface area contributed by atoms with Crippen LogP contribution in [0.3, 0.4) is 0 Å². The SMILES string of the molecule is COc1ccc(Cn2c(C(=O)Nc3ccc(N4CCC4)nc3)cc3nc(C(F)(F)F)ccc32)cc1. The normalized spacial score (nSPS) is 13.5. The lowest BCUT2D eigenvalue weighted by Crippen LogP contribution is -2.37. The minimum absolute atomic E-state index is 0.0877. The van der Waals surface area contributed by atoms with Gasteiger partial charge in [0.2, 0.25) is 0 Å². The topological polar surface area (TPSA) is 72.3 Å². The highest BCUT2D eigenvalue weighted by atomic mass is 19.4. The van der Waals surface area contributed by atoms with E-state index in [-0.39, 0.29) is 17.8 Å². The molecule has 4 heterocycles. The molecule has 180 valence electrons.